The van der Waals surface area contributed by atoms with E-state index in [9.17, 15) is 4.39 Å². The molecule has 3 aliphatic carbocycles. The summed E-state index contributed by atoms with van der Waals surface area (Å²) in [5, 5.41) is 3.53. The van der Waals surface area contributed by atoms with Crippen LogP contribution in [-0.4, -0.2) is 23.8 Å². The molecule has 2 nitrogen and oxygen atoms in total. The Morgan fingerprint density at radius 1 is 1.32 bits per heavy atom. The van der Waals surface area contributed by atoms with Gasteiger partial charge >= 0.3 is 0 Å². The molecule has 3 N–H and O–H groups in total. The van der Waals surface area contributed by atoms with Crippen LogP contribution in [0, 0.1) is 5.92 Å². The lowest BCUT2D eigenvalue weighted by atomic mass is 9.88. The van der Waals surface area contributed by atoms with Gasteiger partial charge in [0.25, 0.3) is 0 Å². The van der Waals surface area contributed by atoms with E-state index >= 15 is 0 Å². The summed E-state index contributed by atoms with van der Waals surface area (Å²) >= 11 is 0. The van der Waals surface area contributed by atoms with E-state index in [0.29, 0.717) is 18.5 Å². The van der Waals surface area contributed by atoms with Crippen LogP contribution in [0.15, 0.2) is 23.8 Å². The Balaban J connectivity index is 1.52. The van der Waals surface area contributed by atoms with E-state index in [4.69, 9.17) is 5.73 Å². The summed E-state index contributed by atoms with van der Waals surface area (Å²) < 4.78 is 14.9. The van der Waals surface area contributed by atoms with Crippen molar-refractivity contribution >= 4 is 0 Å². The highest BCUT2D eigenvalue weighted by Gasteiger charge is 2.60. The van der Waals surface area contributed by atoms with E-state index < -0.39 is 5.67 Å². The molecule has 0 heterocycles. The van der Waals surface area contributed by atoms with Gasteiger partial charge in [-0.1, -0.05) is 23.8 Å². The van der Waals surface area contributed by atoms with Crippen molar-refractivity contribution in [2.24, 2.45) is 11.7 Å². The van der Waals surface area contributed by atoms with E-state index in [1.807, 2.05) is 12.2 Å². The lowest BCUT2D eigenvalue weighted by Gasteiger charge is -2.28. The molecule has 1 unspecified atom stereocenters. The zero-order valence-electron chi connectivity index (χ0n) is 11.7. The van der Waals surface area contributed by atoms with Crippen LogP contribution >= 0.6 is 0 Å². The van der Waals surface area contributed by atoms with Crippen LogP contribution in [-0.2, 0) is 0 Å². The molecule has 2 fully saturated rings. The van der Waals surface area contributed by atoms with Crippen LogP contribution in [0.1, 0.15) is 45.4 Å². The van der Waals surface area contributed by atoms with Crippen LogP contribution in [0.2, 0.25) is 0 Å². The molecule has 0 aromatic rings. The van der Waals surface area contributed by atoms with E-state index in [1.54, 1.807) is 0 Å². The quantitative estimate of drug-likeness (QED) is 0.822. The van der Waals surface area contributed by atoms with Gasteiger partial charge < -0.3 is 11.1 Å². The van der Waals surface area contributed by atoms with E-state index in [2.05, 4.69) is 18.3 Å². The molecule has 0 aromatic heterocycles. The predicted octanol–water partition coefficient (Wildman–Crippen LogP) is 2.85. The standard InChI is InChI=1S/C16H25FN2/c1-11-3-2-4-12(9-11)16(17)10-15(16)19-14-7-5-13(18)6-8-14/h2-4,12-15,19H,5-10,18H2,1H3/t12?,13?,14?,15-,16-/m1/s1. The molecule has 0 aromatic carbocycles. The first kappa shape index (κ1) is 13.3. The topological polar surface area (TPSA) is 38.0 Å². The minimum absolute atomic E-state index is 0.0624. The number of hydrogen-bond acceptors (Lipinski definition) is 2. The van der Waals surface area contributed by atoms with Gasteiger partial charge in [-0.05, 0) is 39.0 Å². The first-order valence-corrected chi connectivity index (χ1v) is 7.62. The Morgan fingerprint density at radius 3 is 2.74 bits per heavy atom. The third-order valence-corrected chi connectivity index (χ3v) is 5.03. The lowest BCUT2D eigenvalue weighted by Crippen LogP contribution is -2.41. The Morgan fingerprint density at radius 2 is 2.05 bits per heavy atom. The van der Waals surface area contributed by atoms with E-state index in [1.165, 1.54) is 5.57 Å². The zero-order valence-corrected chi connectivity index (χ0v) is 11.7. The molecule has 0 bridgehead atoms. The molecule has 0 saturated heterocycles. The largest absolute Gasteiger partial charge is 0.328 e. The zero-order chi connectivity index (χ0) is 13.5. The highest BCUT2D eigenvalue weighted by Crippen LogP contribution is 2.50. The fourth-order valence-corrected chi connectivity index (χ4v) is 3.60. The van der Waals surface area contributed by atoms with Crippen molar-refractivity contribution in [1.29, 1.82) is 0 Å². The molecular weight excluding hydrogens is 239 g/mol. The molecule has 0 spiro atoms. The normalized spacial score (nSPS) is 45.9. The fraction of sp³-hybridized carbons (Fsp3) is 0.750. The monoisotopic (exact) mass is 264 g/mol. The third-order valence-electron chi connectivity index (χ3n) is 5.03. The summed E-state index contributed by atoms with van der Waals surface area (Å²) in [4.78, 5) is 0. The van der Waals surface area contributed by atoms with Gasteiger partial charge in [0.2, 0.25) is 0 Å². The van der Waals surface area contributed by atoms with Crippen LogP contribution in [0.5, 0.6) is 0 Å². The van der Waals surface area contributed by atoms with Crippen LogP contribution in [0.4, 0.5) is 4.39 Å². The van der Waals surface area contributed by atoms with Crippen LogP contribution < -0.4 is 11.1 Å². The van der Waals surface area contributed by atoms with E-state index in [-0.39, 0.29) is 12.0 Å². The second-order valence-corrected chi connectivity index (χ2v) is 6.67. The van der Waals surface area contributed by atoms with Crippen molar-refractivity contribution in [2.45, 2.75) is 69.2 Å². The first-order chi connectivity index (χ1) is 9.08. The van der Waals surface area contributed by atoms with Crippen LogP contribution in [0.3, 0.4) is 0 Å². The molecule has 0 amide bonds. The number of allylic oxidation sites excluding steroid dienone is 4. The van der Waals surface area contributed by atoms with Gasteiger partial charge in [0.1, 0.15) is 5.67 Å². The molecule has 3 rings (SSSR count). The minimum Gasteiger partial charge on any atom is -0.328 e. The Kier molecular flexibility index (Phi) is 3.52. The van der Waals surface area contributed by atoms with Gasteiger partial charge in [0, 0.05) is 30.5 Å². The SMILES string of the molecule is CC1=CC=CC([C@]2(F)C[C@H]2NC2CCC(N)CC2)C1. The molecule has 106 valence electrons. The van der Waals surface area contributed by atoms with Crippen molar-refractivity contribution in [1.82, 2.24) is 5.32 Å². The summed E-state index contributed by atoms with van der Waals surface area (Å²) in [6.07, 6.45) is 12.1. The average Bonchev–Trinajstić information content (AvgIpc) is 3.04. The van der Waals surface area contributed by atoms with Gasteiger partial charge in [0.05, 0.1) is 0 Å². The second-order valence-electron chi connectivity index (χ2n) is 6.67. The number of halogens is 1. The van der Waals surface area contributed by atoms with Crippen LogP contribution in [0.25, 0.3) is 0 Å². The predicted molar refractivity (Wildman–Crippen MR) is 76.6 cm³/mol. The Labute approximate surface area is 115 Å². The van der Waals surface area contributed by atoms with Crippen molar-refractivity contribution in [3.63, 3.8) is 0 Å². The van der Waals surface area contributed by atoms with Gasteiger partial charge in [-0.2, -0.15) is 0 Å². The molecule has 2 saturated carbocycles. The van der Waals surface area contributed by atoms with Gasteiger partial charge in [-0.25, -0.2) is 4.39 Å². The van der Waals surface area contributed by atoms with Crippen molar-refractivity contribution in [2.75, 3.05) is 0 Å². The molecular formula is C16H25FN2. The Hall–Kier alpha value is -0.670. The van der Waals surface area contributed by atoms with Crippen molar-refractivity contribution in [3.05, 3.63) is 23.8 Å². The number of hydrogen-bond donors (Lipinski definition) is 2. The first-order valence-electron chi connectivity index (χ1n) is 7.62. The van der Waals surface area contributed by atoms with Crippen molar-refractivity contribution in [3.8, 4) is 0 Å². The average molecular weight is 264 g/mol. The fourth-order valence-electron chi connectivity index (χ4n) is 3.60. The maximum atomic E-state index is 14.9. The third kappa shape index (κ3) is 2.77. The number of alkyl halides is 1. The smallest absolute Gasteiger partial charge is 0.134 e. The van der Waals surface area contributed by atoms with Crippen molar-refractivity contribution < 1.29 is 4.39 Å². The molecule has 3 atom stereocenters. The second kappa shape index (κ2) is 5.02. The number of nitrogens with one attached hydrogen (secondary N) is 1. The summed E-state index contributed by atoms with van der Waals surface area (Å²) in [6, 6.07) is 0.903. The van der Waals surface area contributed by atoms with Gasteiger partial charge in [-0.15, -0.1) is 0 Å². The van der Waals surface area contributed by atoms with Gasteiger partial charge in [-0.3, -0.25) is 0 Å². The van der Waals surface area contributed by atoms with E-state index in [0.717, 1.165) is 32.1 Å². The summed E-state index contributed by atoms with van der Waals surface area (Å²) in [5.74, 6) is 0.0702. The molecule has 3 aliphatic rings. The molecule has 0 aliphatic heterocycles. The number of rotatable bonds is 3. The number of nitrogens with two attached hydrogens (primary N) is 1. The highest BCUT2D eigenvalue weighted by atomic mass is 19.1. The lowest BCUT2D eigenvalue weighted by molar-refractivity contribution is 0.206. The van der Waals surface area contributed by atoms with Gasteiger partial charge in [0.15, 0.2) is 0 Å². The Bertz CT molecular complexity index is 396. The maximum Gasteiger partial charge on any atom is 0.134 e. The minimum atomic E-state index is -1.01. The summed E-state index contributed by atoms with van der Waals surface area (Å²) in [6.45, 7) is 2.09. The molecule has 0 radical (unpaired) electrons. The highest BCUT2D eigenvalue weighted by molar-refractivity contribution is 5.27. The molecule has 3 heteroatoms. The summed E-state index contributed by atoms with van der Waals surface area (Å²) in [5.41, 5.74) is 6.19. The summed E-state index contributed by atoms with van der Waals surface area (Å²) in [7, 11) is 0. The maximum absolute atomic E-state index is 14.9. The molecule has 19 heavy (non-hydrogen) atoms.